The summed E-state index contributed by atoms with van der Waals surface area (Å²) in [5.74, 6) is -0.327. The molecular weight excluding hydrogens is 345 g/mol. The summed E-state index contributed by atoms with van der Waals surface area (Å²) in [6, 6.07) is 13.0. The van der Waals surface area contributed by atoms with E-state index < -0.39 is 5.82 Å². The van der Waals surface area contributed by atoms with Gasteiger partial charge in [0.2, 0.25) is 11.9 Å². The van der Waals surface area contributed by atoms with E-state index in [2.05, 4.69) is 25.9 Å². The molecule has 0 bridgehead atoms. The average molecular weight is 365 g/mol. The number of benzene rings is 2. The summed E-state index contributed by atoms with van der Waals surface area (Å²) in [6.07, 6.45) is 1.12. The van der Waals surface area contributed by atoms with Gasteiger partial charge < -0.3 is 16.0 Å². The Bertz CT molecular complexity index is 973. The molecule has 2 aromatic carbocycles. The van der Waals surface area contributed by atoms with Crippen LogP contribution in [0.25, 0.3) is 0 Å². The summed E-state index contributed by atoms with van der Waals surface area (Å²) in [6.45, 7) is 5.32. The summed E-state index contributed by atoms with van der Waals surface area (Å²) in [5, 5.41) is 8.75. The van der Waals surface area contributed by atoms with Crippen molar-refractivity contribution >= 4 is 34.7 Å². The Morgan fingerprint density at radius 3 is 2.37 bits per heavy atom. The van der Waals surface area contributed by atoms with Gasteiger partial charge in [-0.1, -0.05) is 17.7 Å². The van der Waals surface area contributed by atoms with Gasteiger partial charge in [0.15, 0.2) is 11.6 Å². The first-order chi connectivity index (χ1) is 12.9. The molecule has 0 saturated heterocycles. The van der Waals surface area contributed by atoms with Crippen molar-refractivity contribution in [1.82, 2.24) is 9.97 Å². The molecule has 0 aliphatic rings. The molecule has 0 atom stereocenters. The van der Waals surface area contributed by atoms with Crippen LogP contribution in [0.3, 0.4) is 0 Å². The van der Waals surface area contributed by atoms with Crippen molar-refractivity contribution in [1.29, 1.82) is 0 Å². The number of carbonyl (C=O) groups is 1. The zero-order chi connectivity index (χ0) is 19.4. The second-order valence-corrected chi connectivity index (χ2v) is 6.22. The monoisotopic (exact) mass is 365 g/mol. The molecule has 1 heterocycles. The molecule has 0 fully saturated rings. The van der Waals surface area contributed by atoms with E-state index >= 15 is 0 Å². The first-order valence-corrected chi connectivity index (χ1v) is 8.42. The topological polar surface area (TPSA) is 78.9 Å². The highest BCUT2D eigenvalue weighted by Crippen LogP contribution is 2.23. The van der Waals surface area contributed by atoms with Gasteiger partial charge >= 0.3 is 0 Å². The molecule has 1 amide bonds. The van der Waals surface area contributed by atoms with E-state index in [-0.39, 0.29) is 17.7 Å². The van der Waals surface area contributed by atoms with Crippen LogP contribution < -0.4 is 16.0 Å². The Morgan fingerprint density at radius 1 is 1.00 bits per heavy atom. The van der Waals surface area contributed by atoms with Crippen LogP contribution >= 0.6 is 0 Å². The number of rotatable bonds is 5. The first kappa shape index (κ1) is 18.3. The molecule has 6 nitrogen and oxygen atoms in total. The van der Waals surface area contributed by atoms with Crippen molar-refractivity contribution in [3.05, 3.63) is 65.6 Å². The minimum absolute atomic E-state index is 0.0861. The molecule has 0 spiro atoms. The fourth-order valence-electron chi connectivity index (χ4n) is 2.49. The maximum Gasteiger partial charge on any atom is 0.229 e. The normalized spacial score (nSPS) is 10.4. The van der Waals surface area contributed by atoms with Gasteiger partial charge in [-0.15, -0.1) is 0 Å². The lowest BCUT2D eigenvalue weighted by atomic mass is 10.1. The molecule has 138 valence electrons. The van der Waals surface area contributed by atoms with Crippen LogP contribution in [-0.2, 0) is 4.79 Å². The molecule has 0 saturated carbocycles. The van der Waals surface area contributed by atoms with E-state index in [1.165, 1.54) is 6.92 Å². The lowest BCUT2D eigenvalue weighted by Crippen LogP contribution is -2.07. The number of aromatic nitrogens is 2. The first-order valence-electron chi connectivity index (χ1n) is 8.42. The van der Waals surface area contributed by atoms with Gasteiger partial charge in [0.1, 0.15) is 0 Å². The largest absolute Gasteiger partial charge is 0.338 e. The van der Waals surface area contributed by atoms with E-state index in [0.717, 1.165) is 34.4 Å². The quantitative estimate of drug-likeness (QED) is 0.612. The maximum atomic E-state index is 14.1. The minimum atomic E-state index is -0.543. The van der Waals surface area contributed by atoms with Gasteiger partial charge in [0, 0.05) is 24.0 Å². The average Bonchev–Trinajstić information content (AvgIpc) is 2.62. The second-order valence-electron chi connectivity index (χ2n) is 6.22. The molecule has 0 aliphatic heterocycles. The predicted molar refractivity (Wildman–Crippen MR) is 105 cm³/mol. The van der Waals surface area contributed by atoms with Gasteiger partial charge in [0.25, 0.3) is 0 Å². The summed E-state index contributed by atoms with van der Waals surface area (Å²) < 4.78 is 14.1. The van der Waals surface area contributed by atoms with Crippen LogP contribution in [0.4, 0.5) is 33.2 Å². The van der Waals surface area contributed by atoms with Crippen molar-refractivity contribution in [3.63, 3.8) is 0 Å². The SMILES string of the molecule is CC(=O)Nc1ccc(Nc2ncc(F)c(Nc3ccc(C)cc3)n2)cc1C. The number of nitrogens with zero attached hydrogens (tertiary/aromatic N) is 2. The zero-order valence-corrected chi connectivity index (χ0v) is 15.3. The molecule has 0 unspecified atom stereocenters. The van der Waals surface area contributed by atoms with Crippen molar-refractivity contribution < 1.29 is 9.18 Å². The van der Waals surface area contributed by atoms with Crippen LogP contribution in [0.1, 0.15) is 18.1 Å². The standard InChI is InChI=1S/C20H20FN5O/c1-12-4-6-15(7-5-12)24-19-17(21)11-22-20(26-19)25-16-8-9-18(13(2)10-16)23-14(3)27/h4-11H,1-3H3,(H,23,27)(H2,22,24,25,26). The Morgan fingerprint density at radius 2 is 1.70 bits per heavy atom. The number of anilines is 5. The van der Waals surface area contributed by atoms with Crippen LogP contribution in [0, 0.1) is 19.7 Å². The number of hydrogen-bond acceptors (Lipinski definition) is 5. The highest BCUT2D eigenvalue weighted by Gasteiger charge is 2.09. The fraction of sp³-hybridized carbons (Fsp3) is 0.150. The number of halogens is 1. The van der Waals surface area contributed by atoms with Crippen molar-refractivity contribution in [3.8, 4) is 0 Å². The van der Waals surface area contributed by atoms with Crippen LogP contribution in [-0.4, -0.2) is 15.9 Å². The van der Waals surface area contributed by atoms with E-state index in [1.54, 1.807) is 12.1 Å². The molecule has 3 aromatic rings. The Labute approximate surface area is 156 Å². The van der Waals surface area contributed by atoms with Crippen molar-refractivity contribution in [2.45, 2.75) is 20.8 Å². The van der Waals surface area contributed by atoms with E-state index in [4.69, 9.17) is 0 Å². The minimum Gasteiger partial charge on any atom is -0.338 e. The third kappa shape index (κ3) is 4.78. The second kappa shape index (κ2) is 7.82. The highest BCUT2D eigenvalue weighted by atomic mass is 19.1. The van der Waals surface area contributed by atoms with Crippen LogP contribution in [0.5, 0.6) is 0 Å². The molecule has 1 aromatic heterocycles. The number of aryl methyl sites for hydroxylation is 2. The lowest BCUT2D eigenvalue weighted by molar-refractivity contribution is -0.114. The third-order valence-corrected chi connectivity index (χ3v) is 3.85. The fourth-order valence-corrected chi connectivity index (χ4v) is 2.49. The number of amides is 1. The molecule has 7 heteroatoms. The predicted octanol–water partition coefficient (Wildman–Crippen LogP) is 4.68. The van der Waals surface area contributed by atoms with Gasteiger partial charge in [0.05, 0.1) is 6.20 Å². The Balaban J connectivity index is 1.78. The molecule has 27 heavy (non-hydrogen) atoms. The van der Waals surface area contributed by atoms with E-state index in [1.807, 2.05) is 44.2 Å². The van der Waals surface area contributed by atoms with Gasteiger partial charge in [-0.25, -0.2) is 9.37 Å². The molecular formula is C20H20FN5O. The van der Waals surface area contributed by atoms with E-state index in [9.17, 15) is 9.18 Å². The maximum absolute atomic E-state index is 14.1. The van der Waals surface area contributed by atoms with Crippen LogP contribution in [0.2, 0.25) is 0 Å². The molecule has 0 radical (unpaired) electrons. The summed E-state index contributed by atoms with van der Waals surface area (Å²) in [5.41, 5.74) is 4.20. The lowest BCUT2D eigenvalue weighted by Gasteiger charge is -2.12. The Hall–Kier alpha value is -3.48. The van der Waals surface area contributed by atoms with Crippen molar-refractivity contribution in [2.24, 2.45) is 0 Å². The van der Waals surface area contributed by atoms with E-state index in [0.29, 0.717) is 0 Å². The van der Waals surface area contributed by atoms with Gasteiger partial charge in [-0.3, -0.25) is 4.79 Å². The summed E-state index contributed by atoms with van der Waals surface area (Å²) in [7, 11) is 0. The van der Waals surface area contributed by atoms with Crippen molar-refractivity contribution in [2.75, 3.05) is 16.0 Å². The zero-order valence-electron chi connectivity index (χ0n) is 15.3. The smallest absolute Gasteiger partial charge is 0.229 e. The third-order valence-electron chi connectivity index (χ3n) is 3.85. The van der Waals surface area contributed by atoms with Gasteiger partial charge in [-0.05, 0) is 49.7 Å². The molecule has 0 aliphatic carbocycles. The summed E-state index contributed by atoms with van der Waals surface area (Å²) >= 11 is 0. The number of nitrogens with one attached hydrogen (secondary N) is 3. The number of hydrogen-bond donors (Lipinski definition) is 3. The number of carbonyl (C=O) groups excluding carboxylic acids is 1. The molecule has 3 rings (SSSR count). The molecule has 3 N–H and O–H groups in total. The van der Waals surface area contributed by atoms with Crippen LogP contribution in [0.15, 0.2) is 48.7 Å². The van der Waals surface area contributed by atoms with Gasteiger partial charge in [-0.2, -0.15) is 4.98 Å². The summed E-state index contributed by atoms with van der Waals surface area (Å²) in [4.78, 5) is 19.4. The highest BCUT2D eigenvalue weighted by molar-refractivity contribution is 5.89. The Kier molecular flexibility index (Phi) is 5.30.